The van der Waals surface area contributed by atoms with E-state index in [1.165, 1.54) is 32.1 Å². The molecule has 1 fully saturated rings. The second kappa shape index (κ2) is 8.56. The van der Waals surface area contributed by atoms with Crippen LogP contribution in [0, 0.1) is 5.92 Å². The van der Waals surface area contributed by atoms with E-state index < -0.39 is 0 Å². The van der Waals surface area contributed by atoms with Gasteiger partial charge in [0, 0.05) is 31.4 Å². The summed E-state index contributed by atoms with van der Waals surface area (Å²) in [5.41, 5.74) is 6.93. The van der Waals surface area contributed by atoms with Crippen molar-refractivity contribution in [2.75, 3.05) is 13.1 Å². The summed E-state index contributed by atoms with van der Waals surface area (Å²) in [5, 5.41) is 3.15. The smallest absolute Gasteiger partial charge is 0.188 e. The topological polar surface area (TPSA) is 63.3 Å². The van der Waals surface area contributed by atoms with Crippen LogP contribution in [0.15, 0.2) is 29.4 Å². The molecule has 1 aliphatic rings. The predicted molar refractivity (Wildman–Crippen MR) is 83.6 cm³/mol. The Morgan fingerprint density at radius 3 is 2.95 bits per heavy atom. The zero-order chi connectivity index (χ0) is 14.0. The number of guanidine groups is 1. The molecule has 110 valence electrons. The van der Waals surface area contributed by atoms with Crippen molar-refractivity contribution in [3.05, 3.63) is 30.1 Å². The number of hydrogen-bond donors (Lipinski definition) is 2. The van der Waals surface area contributed by atoms with Gasteiger partial charge in [-0.15, -0.1) is 0 Å². The van der Waals surface area contributed by atoms with Gasteiger partial charge in [-0.1, -0.05) is 31.7 Å². The maximum Gasteiger partial charge on any atom is 0.188 e. The van der Waals surface area contributed by atoms with E-state index in [4.69, 9.17) is 5.73 Å². The van der Waals surface area contributed by atoms with E-state index in [2.05, 4.69) is 15.3 Å². The highest BCUT2D eigenvalue weighted by Crippen LogP contribution is 2.28. The summed E-state index contributed by atoms with van der Waals surface area (Å²) >= 11 is 0. The van der Waals surface area contributed by atoms with Gasteiger partial charge in [-0.3, -0.25) is 9.98 Å². The number of aliphatic imine (C=N–C) groups is 1. The van der Waals surface area contributed by atoms with Crippen molar-refractivity contribution in [1.29, 1.82) is 0 Å². The molecular formula is C16H26N4. The third kappa shape index (κ3) is 5.59. The maximum absolute atomic E-state index is 5.85. The Kier molecular flexibility index (Phi) is 6.35. The van der Waals surface area contributed by atoms with Crippen molar-refractivity contribution >= 4 is 5.96 Å². The van der Waals surface area contributed by atoms with Crippen molar-refractivity contribution in [3.8, 4) is 0 Å². The predicted octanol–water partition coefficient (Wildman–Crippen LogP) is 2.50. The molecule has 0 unspecified atom stereocenters. The van der Waals surface area contributed by atoms with Gasteiger partial charge < -0.3 is 11.1 Å². The van der Waals surface area contributed by atoms with Gasteiger partial charge in [0.25, 0.3) is 0 Å². The Morgan fingerprint density at radius 2 is 2.20 bits per heavy atom. The van der Waals surface area contributed by atoms with Crippen LogP contribution in [-0.2, 0) is 6.42 Å². The third-order valence-corrected chi connectivity index (χ3v) is 3.94. The van der Waals surface area contributed by atoms with E-state index in [0.717, 1.165) is 37.5 Å². The van der Waals surface area contributed by atoms with Gasteiger partial charge in [-0.05, 0) is 30.9 Å². The lowest BCUT2D eigenvalue weighted by Crippen LogP contribution is -2.33. The summed E-state index contributed by atoms with van der Waals surface area (Å²) in [6.07, 6.45) is 10.8. The number of nitrogens with one attached hydrogen (secondary N) is 1. The Labute approximate surface area is 121 Å². The van der Waals surface area contributed by atoms with Crippen LogP contribution in [0.25, 0.3) is 0 Å². The van der Waals surface area contributed by atoms with Gasteiger partial charge in [-0.25, -0.2) is 0 Å². The Hall–Kier alpha value is -1.58. The fourth-order valence-electron chi connectivity index (χ4n) is 2.80. The van der Waals surface area contributed by atoms with E-state index in [1.54, 1.807) is 0 Å². The van der Waals surface area contributed by atoms with Crippen molar-refractivity contribution in [1.82, 2.24) is 10.3 Å². The lowest BCUT2D eigenvalue weighted by molar-refractivity contribution is 0.488. The Morgan fingerprint density at radius 1 is 1.35 bits per heavy atom. The average Bonchev–Trinajstić information content (AvgIpc) is 2.98. The molecule has 0 bridgehead atoms. The van der Waals surface area contributed by atoms with Crippen LogP contribution in [0.3, 0.4) is 0 Å². The first-order chi connectivity index (χ1) is 9.84. The fraction of sp³-hybridized carbons (Fsp3) is 0.625. The molecule has 1 heterocycles. The van der Waals surface area contributed by atoms with Crippen LogP contribution in [0.5, 0.6) is 0 Å². The van der Waals surface area contributed by atoms with Crippen LogP contribution in [-0.4, -0.2) is 24.0 Å². The van der Waals surface area contributed by atoms with Gasteiger partial charge in [0.05, 0.1) is 0 Å². The van der Waals surface area contributed by atoms with E-state index in [0.29, 0.717) is 5.96 Å². The number of nitrogens with zero attached hydrogens (tertiary/aromatic N) is 2. The quantitative estimate of drug-likeness (QED) is 0.456. The molecule has 2 rings (SSSR count). The first-order valence-corrected chi connectivity index (χ1v) is 7.78. The molecule has 0 radical (unpaired) electrons. The van der Waals surface area contributed by atoms with Crippen LogP contribution in [0.2, 0.25) is 0 Å². The molecule has 1 aromatic rings. The molecule has 4 nitrogen and oxygen atoms in total. The highest BCUT2D eigenvalue weighted by molar-refractivity contribution is 5.77. The lowest BCUT2D eigenvalue weighted by atomic mass is 10.0. The fourth-order valence-corrected chi connectivity index (χ4v) is 2.80. The standard InChI is InChI=1S/C16H26N4/c17-16(19-12-5-8-14-6-1-2-7-14)20-13-10-15-9-3-4-11-18-15/h3-4,9,11,14H,1-2,5-8,10,12-13H2,(H3,17,19,20). The third-order valence-electron chi connectivity index (χ3n) is 3.94. The minimum absolute atomic E-state index is 0.562. The monoisotopic (exact) mass is 274 g/mol. The van der Waals surface area contributed by atoms with Crippen molar-refractivity contribution in [2.45, 2.75) is 44.9 Å². The number of rotatable bonds is 7. The van der Waals surface area contributed by atoms with Gasteiger partial charge in [0.1, 0.15) is 0 Å². The molecular weight excluding hydrogens is 248 g/mol. The molecule has 3 N–H and O–H groups in total. The van der Waals surface area contributed by atoms with Crippen molar-refractivity contribution in [2.24, 2.45) is 16.6 Å². The van der Waals surface area contributed by atoms with Crippen LogP contribution >= 0.6 is 0 Å². The zero-order valence-electron chi connectivity index (χ0n) is 12.2. The first kappa shape index (κ1) is 14.8. The van der Waals surface area contributed by atoms with Gasteiger partial charge in [-0.2, -0.15) is 0 Å². The van der Waals surface area contributed by atoms with E-state index in [-0.39, 0.29) is 0 Å². The minimum Gasteiger partial charge on any atom is -0.370 e. The highest BCUT2D eigenvalue weighted by atomic mass is 15.1. The Balaban J connectivity index is 1.54. The molecule has 20 heavy (non-hydrogen) atoms. The van der Waals surface area contributed by atoms with Gasteiger partial charge in [0.2, 0.25) is 0 Å². The molecule has 0 aromatic carbocycles. The molecule has 1 aliphatic carbocycles. The Bertz CT molecular complexity index is 396. The molecule has 4 heteroatoms. The second-order valence-corrected chi connectivity index (χ2v) is 5.56. The molecule has 0 spiro atoms. The van der Waals surface area contributed by atoms with Crippen LogP contribution in [0.1, 0.15) is 44.2 Å². The van der Waals surface area contributed by atoms with E-state index in [9.17, 15) is 0 Å². The summed E-state index contributed by atoms with van der Waals surface area (Å²) < 4.78 is 0. The summed E-state index contributed by atoms with van der Waals surface area (Å²) in [7, 11) is 0. The normalized spacial score (nSPS) is 16.5. The average molecular weight is 274 g/mol. The van der Waals surface area contributed by atoms with E-state index >= 15 is 0 Å². The largest absolute Gasteiger partial charge is 0.370 e. The van der Waals surface area contributed by atoms with E-state index in [1.807, 2.05) is 24.4 Å². The summed E-state index contributed by atoms with van der Waals surface area (Å²) in [6.45, 7) is 1.63. The summed E-state index contributed by atoms with van der Waals surface area (Å²) in [5.74, 6) is 1.51. The SMILES string of the molecule is NC(=NCCCC1CCCC1)NCCc1ccccn1. The molecule has 1 aromatic heterocycles. The van der Waals surface area contributed by atoms with Crippen LogP contribution < -0.4 is 11.1 Å². The minimum atomic E-state index is 0.562. The van der Waals surface area contributed by atoms with Gasteiger partial charge >= 0.3 is 0 Å². The number of aromatic nitrogens is 1. The number of hydrogen-bond acceptors (Lipinski definition) is 2. The molecule has 0 amide bonds. The first-order valence-electron chi connectivity index (χ1n) is 7.78. The van der Waals surface area contributed by atoms with Gasteiger partial charge in [0.15, 0.2) is 5.96 Å². The summed E-state index contributed by atoms with van der Waals surface area (Å²) in [6, 6.07) is 5.95. The molecule has 0 aliphatic heterocycles. The molecule has 1 saturated carbocycles. The maximum atomic E-state index is 5.85. The van der Waals surface area contributed by atoms with Crippen molar-refractivity contribution < 1.29 is 0 Å². The molecule has 0 atom stereocenters. The number of nitrogens with two attached hydrogens (primary N) is 1. The highest BCUT2D eigenvalue weighted by Gasteiger charge is 2.13. The van der Waals surface area contributed by atoms with Crippen LogP contribution in [0.4, 0.5) is 0 Å². The van der Waals surface area contributed by atoms with Crippen molar-refractivity contribution in [3.63, 3.8) is 0 Å². The molecule has 0 saturated heterocycles. The summed E-state index contributed by atoms with van der Waals surface area (Å²) in [4.78, 5) is 8.65. The number of pyridine rings is 1. The zero-order valence-corrected chi connectivity index (χ0v) is 12.2. The second-order valence-electron chi connectivity index (χ2n) is 5.56. The lowest BCUT2D eigenvalue weighted by Gasteiger charge is -2.08.